The second-order valence-electron chi connectivity index (χ2n) is 19.4. The molecule has 13 rings (SSSR count). The lowest BCUT2D eigenvalue weighted by Gasteiger charge is -2.28. The lowest BCUT2D eigenvalue weighted by atomic mass is 9.73. The molecule has 1 fully saturated rings. The van der Waals surface area contributed by atoms with Gasteiger partial charge in [0, 0.05) is 53.6 Å². The van der Waals surface area contributed by atoms with Gasteiger partial charge in [-0.15, -0.1) is 0 Å². The fraction of sp³-hybridized carbons (Fsp3) is 0.175. The number of aryl methyl sites for hydroxylation is 1. The SMILES string of the molecule is CCCCc1cccc2c3[n+](ccc12)C1C(C)(CC)C1(C1c2ccc(-c4cccc(-c5cc(-c6cccnc6)cc(-c6cccnc6)c5)c4)cc2-c2c4ccccc4cc[n+]21)c1ccccc1-3. The molecule has 3 aliphatic rings. The highest BCUT2D eigenvalue weighted by Crippen LogP contribution is 2.79. The van der Waals surface area contributed by atoms with Gasteiger partial charge in [0.25, 0.3) is 0 Å². The maximum absolute atomic E-state index is 4.47. The molecule has 0 N–H and O–H groups in total. The van der Waals surface area contributed by atoms with E-state index < -0.39 is 0 Å². The van der Waals surface area contributed by atoms with Crippen LogP contribution >= 0.6 is 0 Å². The lowest BCUT2D eigenvalue weighted by molar-refractivity contribution is -0.726. The molecule has 4 heteroatoms. The highest BCUT2D eigenvalue weighted by Gasteiger charge is 2.88. The van der Waals surface area contributed by atoms with E-state index in [1.165, 1.54) is 90.3 Å². The van der Waals surface area contributed by atoms with Crippen molar-refractivity contribution >= 4 is 21.5 Å². The number of unbranched alkanes of at least 4 members (excludes halogenated alkanes) is 1. The minimum Gasteiger partial charge on any atom is -0.264 e. The summed E-state index contributed by atoms with van der Waals surface area (Å²) in [5.74, 6) is 0. The topological polar surface area (TPSA) is 33.5 Å². The van der Waals surface area contributed by atoms with Gasteiger partial charge in [0.1, 0.15) is 5.41 Å². The van der Waals surface area contributed by atoms with Crippen molar-refractivity contribution in [2.24, 2.45) is 5.41 Å². The first kappa shape index (κ1) is 39.8. The molecule has 0 saturated heterocycles. The van der Waals surface area contributed by atoms with Crippen molar-refractivity contribution in [3.05, 3.63) is 218 Å². The van der Waals surface area contributed by atoms with Crippen LogP contribution in [0.5, 0.6) is 0 Å². The van der Waals surface area contributed by atoms with Crippen molar-refractivity contribution in [2.75, 3.05) is 0 Å². The molecule has 4 unspecified atom stereocenters. The second kappa shape index (κ2) is 15.3. The van der Waals surface area contributed by atoms with Crippen LogP contribution in [-0.4, -0.2) is 9.97 Å². The van der Waals surface area contributed by atoms with Crippen LogP contribution in [0.2, 0.25) is 0 Å². The van der Waals surface area contributed by atoms with Gasteiger partial charge < -0.3 is 0 Å². The van der Waals surface area contributed by atoms with E-state index in [9.17, 15) is 0 Å². The van der Waals surface area contributed by atoms with Crippen LogP contribution in [0.3, 0.4) is 0 Å². The largest absolute Gasteiger partial charge is 0.264 e. The summed E-state index contributed by atoms with van der Waals surface area (Å²) in [5.41, 5.74) is 18.7. The van der Waals surface area contributed by atoms with E-state index in [-0.39, 0.29) is 22.9 Å². The zero-order valence-electron chi connectivity index (χ0n) is 38.3. The maximum Gasteiger partial charge on any atom is 0.221 e. The first-order valence-corrected chi connectivity index (χ1v) is 24.2. The van der Waals surface area contributed by atoms with Crippen molar-refractivity contribution < 1.29 is 9.13 Å². The standard InChI is InChI=1S/C63H52N4/c1-4-6-15-41-17-12-24-53-51(41)29-33-67-59(53)55-23-9-10-25-57(55)63(61(67)62(63,3)5-2)60-54-27-26-45(38-56(54)58-52-22-8-7-16-42(52)28-32-66(58)60)43-18-11-19-44(34-43)48-35-49(46-20-13-30-64-39-46)37-50(36-48)47-21-14-31-65-40-47/h7-14,16-40,60-61H,4-6,15H2,1-3H3/q+2. The Morgan fingerprint density at radius 2 is 1.13 bits per heavy atom. The third kappa shape index (κ3) is 5.78. The molecule has 4 atom stereocenters. The first-order chi connectivity index (χ1) is 33.0. The van der Waals surface area contributed by atoms with Gasteiger partial charge in [-0.05, 0) is 135 Å². The van der Waals surface area contributed by atoms with Gasteiger partial charge in [0.2, 0.25) is 17.4 Å². The summed E-state index contributed by atoms with van der Waals surface area (Å²) in [5, 5.41) is 5.33. The Morgan fingerprint density at radius 3 is 1.88 bits per heavy atom. The number of rotatable bonds is 9. The molecule has 1 saturated carbocycles. The van der Waals surface area contributed by atoms with Crippen molar-refractivity contribution in [1.29, 1.82) is 0 Å². The highest BCUT2D eigenvalue weighted by molar-refractivity contribution is 5.98. The zero-order valence-corrected chi connectivity index (χ0v) is 38.3. The van der Waals surface area contributed by atoms with E-state index in [4.69, 9.17) is 0 Å². The normalized spacial score (nSPS) is 19.6. The van der Waals surface area contributed by atoms with Gasteiger partial charge >= 0.3 is 0 Å². The van der Waals surface area contributed by atoms with Crippen LogP contribution in [0.25, 0.3) is 88.6 Å². The number of nitrogens with zero attached hydrogens (tertiary/aromatic N) is 4. The molecule has 0 radical (unpaired) electrons. The molecule has 67 heavy (non-hydrogen) atoms. The summed E-state index contributed by atoms with van der Waals surface area (Å²) in [6, 6.07) is 62.2. The molecule has 2 aliphatic heterocycles. The van der Waals surface area contributed by atoms with E-state index in [0.717, 1.165) is 40.7 Å². The predicted molar refractivity (Wildman–Crippen MR) is 272 cm³/mol. The lowest BCUT2D eigenvalue weighted by Crippen LogP contribution is -2.51. The van der Waals surface area contributed by atoms with Crippen LogP contribution in [0.1, 0.15) is 68.8 Å². The zero-order chi connectivity index (χ0) is 44.9. The molecule has 1 aliphatic carbocycles. The summed E-state index contributed by atoms with van der Waals surface area (Å²) in [7, 11) is 0. The maximum atomic E-state index is 4.47. The predicted octanol–water partition coefficient (Wildman–Crippen LogP) is 14.5. The fourth-order valence-electron chi connectivity index (χ4n) is 12.9. The van der Waals surface area contributed by atoms with Crippen molar-refractivity contribution in [1.82, 2.24) is 9.97 Å². The summed E-state index contributed by atoms with van der Waals surface area (Å²) in [4.78, 5) is 8.93. The molecule has 0 amide bonds. The average Bonchev–Trinajstić information content (AvgIpc) is 3.80. The summed E-state index contributed by atoms with van der Waals surface area (Å²) >= 11 is 0. The third-order valence-electron chi connectivity index (χ3n) is 16.1. The Morgan fingerprint density at radius 1 is 0.507 bits per heavy atom. The number of benzene rings is 6. The Labute approximate surface area is 392 Å². The van der Waals surface area contributed by atoms with Crippen molar-refractivity contribution in [3.8, 4) is 67.0 Å². The molecule has 322 valence electrons. The molecule has 4 nitrogen and oxygen atoms in total. The summed E-state index contributed by atoms with van der Waals surface area (Å²) in [6.07, 6.45) is 17.0. The van der Waals surface area contributed by atoms with Gasteiger partial charge in [-0.1, -0.05) is 118 Å². The Bertz CT molecular complexity index is 3540. The van der Waals surface area contributed by atoms with E-state index in [1.54, 1.807) is 0 Å². The Balaban J connectivity index is 0.988. The van der Waals surface area contributed by atoms with Gasteiger partial charge in [-0.2, -0.15) is 9.13 Å². The fourth-order valence-corrected chi connectivity index (χ4v) is 12.9. The molecular weight excluding hydrogens is 813 g/mol. The highest BCUT2D eigenvalue weighted by atomic mass is 15.2. The van der Waals surface area contributed by atoms with Gasteiger partial charge in [-0.25, -0.2) is 0 Å². The summed E-state index contributed by atoms with van der Waals surface area (Å²) in [6.45, 7) is 7.30. The van der Waals surface area contributed by atoms with Gasteiger partial charge in [0.15, 0.2) is 18.4 Å². The molecule has 4 aromatic heterocycles. The number of hydrogen-bond donors (Lipinski definition) is 0. The van der Waals surface area contributed by atoms with E-state index in [0.29, 0.717) is 0 Å². The molecule has 0 spiro atoms. The van der Waals surface area contributed by atoms with Crippen LogP contribution in [0.15, 0.2) is 201 Å². The summed E-state index contributed by atoms with van der Waals surface area (Å²) < 4.78 is 5.39. The first-order valence-electron chi connectivity index (χ1n) is 24.2. The second-order valence-corrected chi connectivity index (χ2v) is 19.4. The molecule has 6 heterocycles. The smallest absolute Gasteiger partial charge is 0.221 e. The van der Waals surface area contributed by atoms with Crippen LogP contribution in [-0.2, 0) is 11.8 Å². The van der Waals surface area contributed by atoms with Crippen LogP contribution in [0.4, 0.5) is 0 Å². The van der Waals surface area contributed by atoms with Crippen molar-refractivity contribution in [2.45, 2.75) is 64.0 Å². The molecular formula is C63H52N4+2. The monoisotopic (exact) mass is 864 g/mol. The molecule has 0 bridgehead atoms. The third-order valence-corrected chi connectivity index (χ3v) is 16.1. The molecule has 10 aromatic rings. The van der Waals surface area contributed by atoms with E-state index in [2.05, 4.69) is 204 Å². The number of aromatic nitrogens is 4. The van der Waals surface area contributed by atoms with Crippen molar-refractivity contribution in [3.63, 3.8) is 0 Å². The van der Waals surface area contributed by atoms with Gasteiger partial charge in [0.05, 0.1) is 27.3 Å². The van der Waals surface area contributed by atoms with Crippen LogP contribution < -0.4 is 9.13 Å². The van der Waals surface area contributed by atoms with E-state index in [1.807, 2.05) is 36.9 Å². The quantitative estimate of drug-likeness (QED) is 0.135. The van der Waals surface area contributed by atoms with E-state index >= 15 is 0 Å². The number of fused-ring (bicyclic) bond motifs is 13. The minimum atomic E-state index is -0.191. The minimum absolute atomic E-state index is 0.0132. The number of pyridine rings is 4. The number of hydrogen-bond acceptors (Lipinski definition) is 2. The van der Waals surface area contributed by atoms with Crippen LogP contribution in [0, 0.1) is 5.41 Å². The Hall–Kier alpha value is -7.56. The average molecular weight is 865 g/mol. The Kier molecular flexibility index (Phi) is 9.05. The molecule has 6 aromatic carbocycles. The van der Waals surface area contributed by atoms with Gasteiger partial charge in [-0.3, -0.25) is 9.97 Å².